The second-order valence-corrected chi connectivity index (χ2v) is 9.91. The molecule has 1 unspecified atom stereocenters. The van der Waals surface area contributed by atoms with Gasteiger partial charge in [0.1, 0.15) is 12.3 Å². The zero-order chi connectivity index (χ0) is 21.4. The molecule has 6 nitrogen and oxygen atoms in total. The van der Waals surface area contributed by atoms with Crippen molar-refractivity contribution in [1.29, 1.82) is 0 Å². The fourth-order valence-electron chi connectivity index (χ4n) is 3.08. The first-order chi connectivity index (χ1) is 13.5. The molecule has 0 saturated carbocycles. The molecule has 0 saturated heterocycles. The van der Waals surface area contributed by atoms with Crippen LogP contribution in [0.25, 0.3) is 0 Å². The molecule has 29 heavy (non-hydrogen) atoms. The van der Waals surface area contributed by atoms with Crippen LogP contribution in [-0.4, -0.2) is 46.7 Å². The van der Waals surface area contributed by atoms with Gasteiger partial charge in [-0.2, -0.15) is 13.2 Å². The van der Waals surface area contributed by atoms with Crippen LogP contribution in [0, 0.1) is 0 Å². The zero-order valence-electron chi connectivity index (χ0n) is 14.7. The first kappa shape index (κ1) is 22.5. The van der Waals surface area contributed by atoms with Gasteiger partial charge in [0.2, 0.25) is 9.70 Å². The molecule has 2 amide bonds. The number of oxime groups is 1. The van der Waals surface area contributed by atoms with E-state index in [4.69, 9.17) is 39.6 Å². The summed E-state index contributed by atoms with van der Waals surface area (Å²) in [4.78, 5) is 30.4. The third-order valence-corrected chi connectivity index (χ3v) is 6.42. The minimum Gasteiger partial charge on any atom is -0.387 e. The standard InChI is InChI=1S/C16H15Cl3F3N3O3S/c17-16(18,19)10-4-9(25-28-10)12-7-2-1-3-8(7)13(29-12)14(27)23-5-11(26)24-6-15(20,21)22/h10H,1-6H2,(H,23,27)(H,24,26). The monoisotopic (exact) mass is 491 g/mol. The minimum absolute atomic E-state index is 0.268. The lowest BCUT2D eigenvalue weighted by Crippen LogP contribution is -2.40. The number of amides is 2. The molecule has 0 bridgehead atoms. The summed E-state index contributed by atoms with van der Waals surface area (Å²) in [5.41, 5.74) is 2.39. The van der Waals surface area contributed by atoms with Gasteiger partial charge in [-0.25, -0.2) is 0 Å². The molecule has 1 atom stereocenters. The van der Waals surface area contributed by atoms with Gasteiger partial charge in [-0.15, -0.1) is 11.3 Å². The highest BCUT2D eigenvalue weighted by Gasteiger charge is 2.41. The number of hydrogen-bond donors (Lipinski definition) is 2. The molecule has 0 aromatic carbocycles. The lowest BCUT2D eigenvalue weighted by molar-refractivity contribution is -0.137. The van der Waals surface area contributed by atoms with E-state index < -0.39 is 41.0 Å². The van der Waals surface area contributed by atoms with Crippen LogP contribution < -0.4 is 10.6 Å². The van der Waals surface area contributed by atoms with Crippen LogP contribution in [0.15, 0.2) is 5.16 Å². The van der Waals surface area contributed by atoms with Gasteiger partial charge in [-0.3, -0.25) is 9.59 Å². The summed E-state index contributed by atoms with van der Waals surface area (Å²) < 4.78 is 34.8. The van der Waals surface area contributed by atoms with Crippen molar-refractivity contribution < 1.29 is 27.6 Å². The van der Waals surface area contributed by atoms with Crippen LogP contribution in [0.4, 0.5) is 13.2 Å². The van der Waals surface area contributed by atoms with E-state index in [0.29, 0.717) is 17.0 Å². The molecule has 1 aromatic heterocycles. The van der Waals surface area contributed by atoms with Crippen molar-refractivity contribution in [2.45, 2.75) is 41.8 Å². The number of thiophene rings is 1. The van der Waals surface area contributed by atoms with E-state index in [2.05, 4.69) is 10.5 Å². The van der Waals surface area contributed by atoms with Gasteiger partial charge in [0, 0.05) is 6.42 Å². The summed E-state index contributed by atoms with van der Waals surface area (Å²) in [6, 6.07) is 0. The SMILES string of the molecule is O=C(CNC(=O)c1sc(C2=NOC(C(Cl)(Cl)Cl)C2)c2c1CCC2)NCC(F)(F)F. The van der Waals surface area contributed by atoms with Gasteiger partial charge < -0.3 is 15.5 Å². The fraction of sp³-hybridized carbons (Fsp3) is 0.562. The average Bonchev–Trinajstić information content (AvgIpc) is 3.31. The Morgan fingerprint density at radius 3 is 2.48 bits per heavy atom. The van der Waals surface area contributed by atoms with Crippen LogP contribution in [0.2, 0.25) is 0 Å². The maximum absolute atomic E-state index is 12.5. The van der Waals surface area contributed by atoms with Gasteiger partial charge in [0.05, 0.1) is 16.3 Å². The zero-order valence-corrected chi connectivity index (χ0v) is 17.8. The molecule has 3 rings (SSSR count). The van der Waals surface area contributed by atoms with E-state index in [1.54, 1.807) is 5.32 Å². The predicted molar refractivity (Wildman–Crippen MR) is 104 cm³/mol. The molecule has 160 valence electrons. The van der Waals surface area contributed by atoms with E-state index in [1.165, 1.54) is 11.3 Å². The number of hydrogen-bond acceptors (Lipinski definition) is 5. The summed E-state index contributed by atoms with van der Waals surface area (Å²) >= 11 is 18.7. The van der Waals surface area contributed by atoms with Crippen LogP contribution in [0.1, 0.15) is 38.5 Å². The van der Waals surface area contributed by atoms with Gasteiger partial charge in [0.25, 0.3) is 5.91 Å². The number of fused-ring (bicyclic) bond motifs is 1. The topological polar surface area (TPSA) is 79.8 Å². The third-order valence-electron chi connectivity index (χ3n) is 4.37. The largest absolute Gasteiger partial charge is 0.405 e. The van der Waals surface area contributed by atoms with Crippen LogP contribution in [0.5, 0.6) is 0 Å². The van der Waals surface area contributed by atoms with E-state index in [9.17, 15) is 22.8 Å². The summed E-state index contributed by atoms with van der Waals surface area (Å²) in [5.74, 6) is -1.46. The first-order valence-electron chi connectivity index (χ1n) is 8.51. The van der Waals surface area contributed by atoms with Crippen molar-refractivity contribution in [3.63, 3.8) is 0 Å². The molecule has 1 aliphatic carbocycles. The molecular formula is C16H15Cl3F3N3O3S. The number of carbonyl (C=O) groups is 2. The van der Waals surface area contributed by atoms with Crippen LogP contribution >= 0.6 is 46.1 Å². The maximum atomic E-state index is 12.5. The Kier molecular flexibility index (Phi) is 6.57. The highest BCUT2D eigenvalue weighted by molar-refractivity contribution is 7.16. The van der Waals surface area contributed by atoms with Crippen molar-refractivity contribution in [3.05, 3.63) is 20.9 Å². The van der Waals surface area contributed by atoms with Crippen molar-refractivity contribution in [2.24, 2.45) is 5.16 Å². The molecule has 0 radical (unpaired) electrons. The molecule has 13 heteroatoms. The van der Waals surface area contributed by atoms with Gasteiger partial charge >= 0.3 is 6.18 Å². The fourth-order valence-corrected chi connectivity index (χ4v) is 4.73. The Morgan fingerprint density at radius 1 is 1.17 bits per heavy atom. The van der Waals surface area contributed by atoms with Crippen molar-refractivity contribution in [1.82, 2.24) is 10.6 Å². The number of halogens is 6. The highest BCUT2D eigenvalue weighted by atomic mass is 35.6. The molecular weight excluding hydrogens is 478 g/mol. The van der Waals surface area contributed by atoms with Crippen molar-refractivity contribution in [2.75, 3.05) is 13.1 Å². The molecule has 2 heterocycles. The van der Waals surface area contributed by atoms with Gasteiger partial charge in [-0.05, 0) is 30.4 Å². The minimum atomic E-state index is -4.52. The van der Waals surface area contributed by atoms with E-state index >= 15 is 0 Å². The lowest BCUT2D eigenvalue weighted by Gasteiger charge is -2.16. The summed E-state index contributed by atoms with van der Waals surface area (Å²) in [5, 5.41) is 8.06. The molecule has 0 spiro atoms. The molecule has 2 N–H and O–H groups in total. The van der Waals surface area contributed by atoms with Crippen LogP contribution in [0.3, 0.4) is 0 Å². The highest BCUT2D eigenvalue weighted by Crippen LogP contribution is 2.41. The Morgan fingerprint density at radius 2 is 1.86 bits per heavy atom. The Balaban J connectivity index is 1.68. The number of nitrogens with one attached hydrogen (secondary N) is 2. The number of nitrogens with zero attached hydrogens (tertiary/aromatic N) is 1. The smallest absolute Gasteiger partial charge is 0.387 e. The van der Waals surface area contributed by atoms with Crippen molar-refractivity contribution in [3.8, 4) is 0 Å². The van der Waals surface area contributed by atoms with E-state index in [0.717, 1.165) is 28.8 Å². The Hall–Kier alpha value is -1.23. The van der Waals surface area contributed by atoms with Crippen molar-refractivity contribution >= 4 is 63.7 Å². The Labute approximate surface area is 182 Å². The third kappa shape index (κ3) is 5.48. The second-order valence-electron chi connectivity index (χ2n) is 6.52. The average molecular weight is 493 g/mol. The normalized spacial score (nSPS) is 18.8. The predicted octanol–water partition coefficient (Wildman–Crippen LogP) is 3.51. The second kappa shape index (κ2) is 8.49. The first-order valence-corrected chi connectivity index (χ1v) is 10.5. The quantitative estimate of drug-likeness (QED) is 0.618. The lowest BCUT2D eigenvalue weighted by atomic mass is 10.1. The van der Waals surface area contributed by atoms with Crippen LogP contribution in [-0.2, 0) is 22.5 Å². The molecule has 1 aromatic rings. The Bertz CT molecular complexity index is 852. The van der Waals surface area contributed by atoms with E-state index in [1.807, 2.05) is 0 Å². The summed E-state index contributed by atoms with van der Waals surface area (Å²) in [7, 11) is 0. The summed E-state index contributed by atoms with van der Waals surface area (Å²) in [6.45, 7) is -2.01. The van der Waals surface area contributed by atoms with Gasteiger partial charge in [-0.1, -0.05) is 40.0 Å². The molecule has 0 fully saturated rings. The van der Waals surface area contributed by atoms with Gasteiger partial charge in [0.15, 0.2) is 6.10 Å². The van der Waals surface area contributed by atoms with E-state index in [-0.39, 0.29) is 6.42 Å². The number of alkyl halides is 6. The maximum Gasteiger partial charge on any atom is 0.405 e. The molecule has 1 aliphatic heterocycles. The molecule has 2 aliphatic rings. The number of carbonyl (C=O) groups excluding carboxylic acids is 2. The number of rotatable bonds is 5. The summed E-state index contributed by atoms with van der Waals surface area (Å²) in [6.07, 6.45) is -2.72.